The van der Waals surface area contributed by atoms with Crippen molar-refractivity contribution in [1.29, 1.82) is 0 Å². The number of hydrogen-bond acceptors (Lipinski definition) is 2. The molecule has 4 heteroatoms. The second-order valence-corrected chi connectivity index (χ2v) is 2.60. The minimum Gasteiger partial charge on any atom is -0.289 e. The number of rotatable bonds is 4. The van der Waals surface area contributed by atoms with E-state index >= 15 is 0 Å². The van der Waals surface area contributed by atoms with Crippen LogP contribution in [-0.4, -0.2) is 30.9 Å². The number of hydrogen-bond donors (Lipinski definition) is 1. The fraction of sp³-hybridized carbons (Fsp3) is 0.833. The van der Waals surface area contributed by atoms with Crippen molar-refractivity contribution in [3.05, 3.63) is 0 Å². The van der Waals surface area contributed by atoms with E-state index in [4.69, 9.17) is 11.6 Å². The highest BCUT2D eigenvalue weighted by Crippen LogP contribution is 1.90. The zero-order chi connectivity index (χ0) is 7.98. The van der Waals surface area contributed by atoms with E-state index in [1.165, 1.54) is 0 Å². The molecule has 0 aromatic heterocycles. The lowest BCUT2D eigenvalue weighted by Gasteiger charge is -2.10. The molecule has 0 rings (SSSR count). The lowest BCUT2D eigenvalue weighted by molar-refractivity contribution is -0.124. The third kappa shape index (κ3) is 5.85. The van der Waals surface area contributed by atoms with Crippen molar-refractivity contribution < 1.29 is 4.79 Å². The number of hydrazine groups is 1. The monoisotopic (exact) mass is 164 g/mol. The molecule has 0 unspecified atom stereocenters. The average molecular weight is 165 g/mol. The molecule has 0 spiro atoms. The van der Waals surface area contributed by atoms with Crippen LogP contribution in [0.4, 0.5) is 0 Å². The standard InChI is InChI=1S/C6H13ClN2O/c1-9(2)8-6(10)4-3-5-7/h3-5H2,1-2H3,(H,8,10). The van der Waals surface area contributed by atoms with Gasteiger partial charge in [0.15, 0.2) is 0 Å². The number of alkyl halides is 1. The van der Waals surface area contributed by atoms with Crippen molar-refractivity contribution >= 4 is 17.5 Å². The summed E-state index contributed by atoms with van der Waals surface area (Å²) in [6, 6.07) is 0. The van der Waals surface area contributed by atoms with Crippen molar-refractivity contribution in [2.75, 3.05) is 20.0 Å². The maximum Gasteiger partial charge on any atom is 0.234 e. The quantitative estimate of drug-likeness (QED) is 0.488. The van der Waals surface area contributed by atoms with Crippen molar-refractivity contribution in [2.45, 2.75) is 12.8 Å². The molecular weight excluding hydrogens is 152 g/mol. The molecule has 10 heavy (non-hydrogen) atoms. The maximum absolute atomic E-state index is 10.8. The van der Waals surface area contributed by atoms with Crippen molar-refractivity contribution in [1.82, 2.24) is 10.4 Å². The Morgan fingerprint density at radius 3 is 2.60 bits per heavy atom. The third-order valence-corrected chi connectivity index (χ3v) is 1.15. The van der Waals surface area contributed by atoms with Gasteiger partial charge >= 0.3 is 0 Å². The third-order valence-electron chi connectivity index (χ3n) is 0.886. The summed E-state index contributed by atoms with van der Waals surface area (Å²) < 4.78 is 0. The van der Waals surface area contributed by atoms with Crippen LogP contribution < -0.4 is 5.43 Å². The van der Waals surface area contributed by atoms with Crippen LogP contribution in [0.2, 0.25) is 0 Å². The fourth-order valence-electron chi connectivity index (χ4n) is 0.533. The van der Waals surface area contributed by atoms with Crippen molar-refractivity contribution in [3.63, 3.8) is 0 Å². The van der Waals surface area contributed by atoms with Crippen LogP contribution in [0.1, 0.15) is 12.8 Å². The molecule has 60 valence electrons. The van der Waals surface area contributed by atoms with E-state index in [1.54, 1.807) is 19.1 Å². The molecule has 0 aliphatic heterocycles. The van der Waals surface area contributed by atoms with Crippen molar-refractivity contribution in [3.8, 4) is 0 Å². The van der Waals surface area contributed by atoms with E-state index in [0.29, 0.717) is 12.3 Å². The first kappa shape index (κ1) is 9.72. The molecule has 0 aliphatic rings. The van der Waals surface area contributed by atoms with Crippen molar-refractivity contribution in [2.24, 2.45) is 0 Å². The van der Waals surface area contributed by atoms with Crippen LogP contribution in [0.5, 0.6) is 0 Å². The predicted molar refractivity (Wildman–Crippen MR) is 41.8 cm³/mol. The van der Waals surface area contributed by atoms with E-state index in [2.05, 4.69) is 5.43 Å². The Balaban J connectivity index is 3.26. The molecule has 0 aromatic rings. The second-order valence-electron chi connectivity index (χ2n) is 2.22. The first-order valence-electron chi connectivity index (χ1n) is 3.19. The van der Waals surface area contributed by atoms with Crippen LogP contribution in [0.3, 0.4) is 0 Å². The number of halogens is 1. The van der Waals surface area contributed by atoms with Gasteiger partial charge in [0.25, 0.3) is 0 Å². The van der Waals surface area contributed by atoms with Gasteiger partial charge in [-0.1, -0.05) is 0 Å². The number of carbonyl (C=O) groups is 1. The van der Waals surface area contributed by atoms with E-state index in [0.717, 1.165) is 6.42 Å². The van der Waals surface area contributed by atoms with E-state index in [1.807, 2.05) is 0 Å². The second kappa shape index (κ2) is 5.50. The van der Waals surface area contributed by atoms with Gasteiger partial charge < -0.3 is 0 Å². The van der Waals surface area contributed by atoms with Gasteiger partial charge in [0.05, 0.1) is 0 Å². The minimum atomic E-state index is 0.0191. The minimum absolute atomic E-state index is 0.0191. The Hall–Kier alpha value is -0.280. The number of nitrogens with one attached hydrogen (secondary N) is 1. The molecule has 1 amide bonds. The zero-order valence-corrected chi connectivity index (χ0v) is 7.11. The summed E-state index contributed by atoms with van der Waals surface area (Å²) in [4.78, 5) is 10.8. The Kier molecular flexibility index (Phi) is 5.35. The van der Waals surface area contributed by atoms with Crippen LogP contribution in [0, 0.1) is 0 Å². The van der Waals surface area contributed by atoms with Crippen LogP contribution >= 0.6 is 11.6 Å². The summed E-state index contributed by atoms with van der Waals surface area (Å²) in [5, 5.41) is 1.62. The highest BCUT2D eigenvalue weighted by molar-refractivity contribution is 6.17. The van der Waals surface area contributed by atoms with E-state index < -0.39 is 0 Å². The molecule has 0 aliphatic carbocycles. The molecule has 0 fully saturated rings. The largest absolute Gasteiger partial charge is 0.289 e. The van der Waals surface area contributed by atoms with Gasteiger partial charge in [-0.3, -0.25) is 10.2 Å². The van der Waals surface area contributed by atoms with E-state index in [-0.39, 0.29) is 5.91 Å². The predicted octanol–water partition coefficient (Wildman–Crippen LogP) is 0.598. The first-order valence-corrected chi connectivity index (χ1v) is 3.73. The zero-order valence-electron chi connectivity index (χ0n) is 6.35. The summed E-state index contributed by atoms with van der Waals surface area (Å²) >= 11 is 5.39. The van der Waals surface area contributed by atoms with Gasteiger partial charge in [-0.15, -0.1) is 11.6 Å². The molecule has 0 bridgehead atoms. The molecule has 0 atom stereocenters. The Morgan fingerprint density at radius 2 is 2.20 bits per heavy atom. The van der Waals surface area contributed by atoms with Crippen LogP contribution in [0.15, 0.2) is 0 Å². The molecule has 0 radical (unpaired) electrons. The van der Waals surface area contributed by atoms with Gasteiger partial charge in [0.2, 0.25) is 5.91 Å². The Bertz CT molecular complexity index is 106. The first-order chi connectivity index (χ1) is 4.66. The Morgan fingerprint density at radius 1 is 1.60 bits per heavy atom. The molecule has 0 saturated heterocycles. The maximum atomic E-state index is 10.8. The highest BCUT2D eigenvalue weighted by atomic mass is 35.5. The lowest BCUT2D eigenvalue weighted by Crippen LogP contribution is -2.35. The lowest BCUT2D eigenvalue weighted by atomic mass is 10.3. The van der Waals surface area contributed by atoms with Gasteiger partial charge in [-0.2, -0.15) is 0 Å². The summed E-state index contributed by atoms with van der Waals surface area (Å²) in [6.45, 7) is 0. The Labute approximate surface area is 66.3 Å². The molecular formula is C6H13ClN2O. The van der Waals surface area contributed by atoms with Gasteiger partial charge in [0.1, 0.15) is 0 Å². The van der Waals surface area contributed by atoms with Gasteiger partial charge in [0, 0.05) is 26.4 Å². The van der Waals surface area contributed by atoms with Crippen LogP contribution in [-0.2, 0) is 4.79 Å². The summed E-state index contributed by atoms with van der Waals surface area (Å²) in [5.74, 6) is 0.562. The summed E-state index contributed by atoms with van der Waals surface area (Å²) in [7, 11) is 3.55. The fourth-order valence-corrected chi connectivity index (χ4v) is 0.666. The highest BCUT2D eigenvalue weighted by Gasteiger charge is 1.99. The number of nitrogens with zero attached hydrogens (tertiary/aromatic N) is 1. The van der Waals surface area contributed by atoms with Gasteiger partial charge in [-0.25, -0.2) is 5.01 Å². The molecule has 0 heterocycles. The van der Waals surface area contributed by atoms with Gasteiger partial charge in [-0.05, 0) is 6.42 Å². The molecule has 0 aromatic carbocycles. The SMILES string of the molecule is CN(C)NC(=O)CCCCl. The topological polar surface area (TPSA) is 32.3 Å². The normalized spacial score (nSPS) is 10.0. The number of carbonyl (C=O) groups excluding carboxylic acids is 1. The van der Waals surface area contributed by atoms with E-state index in [9.17, 15) is 4.79 Å². The van der Waals surface area contributed by atoms with Crippen LogP contribution in [0.25, 0.3) is 0 Å². The molecule has 3 nitrogen and oxygen atoms in total. The average Bonchev–Trinajstić information content (AvgIpc) is 1.82. The smallest absolute Gasteiger partial charge is 0.234 e. The summed E-state index contributed by atoms with van der Waals surface area (Å²) in [5.41, 5.74) is 2.61. The molecule has 1 N–H and O–H groups in total. The number of amides is 1. The molecule has 0 saturated carbocycles. The summed E-state index contributed by atoms with van der Waals surface area (Å²) in [6.07, 6.45) is 1.24.